The van der Waals surface area contributed by atoms with Crippen molar-refractivity contribution in [2.24, 2.45) is 5.73 Å². The Morgan fingerprint density at radius 3 is 2.52 bits per heavy atom. The molecule has 1 amide bonds. The normalized spacial score (nSPS) is 11.1. The minimum Gasteiger partial charge on any atom is -0.492 e. The summed E-state index contributed by atoms with van der Waals surface area (Å²) in [6.07, 6.45) is -0.243. The van der Waals surface area contributed by atoms with Crippen molar-refractivity contribution in [2.45, 2.75) is 13.3 Å². The maximum atomic E-state index is 11.6. The van der Waals surface area contributed by atoms with E-state index in [9.17, 15) is 18.0 Å². The lowest BCUT2D eigenvalue weighted by Crippen LogP contribution is -2.22. The van der Waals surface area contributed by atoms with Gasteiger partial charge in [0.05, 0.1) is 11.5 Å². The molecule has 3 N–H and O–H groups in total. The summed E-state index contributed by atoms with van der Waals surface area (Å²) >= 11 is 0. The molecular weight excluding hydrogens is 298 g/mol. The third kappa shape index (κ3) is 5.82. The number of carboxylic acids is 1. The highest BCUT2D eigenvalue weighted by atomic mass is 32.2. The van der Waals surface area contributed by atoms with Gasteiger partial charge in [0.15, 0.2) is 9.84 Å². The van der Waals surface area contributed by atoms with Crippen molar-refractivity contribution in [3.63, 3.8) is 0 Å². The number of hydrogen-bond donors (Lipinski definition) is 2. The number of aryl methyl sites for hydroxylation is 1. The zero-order valence-corrected chi connectivity index (χ0v) is 12.4. The molecule has 0 unspecified atom stereocenters. The summed E-state index contributed by atoms with van der Waals surface area (Å²) in [4.78, 5) is 21.6. The zero-order valence-electron chi connectivity index (χ0n) is 11.5. The van der Waals surface area contributed by atoms with E-state index in [0.29, 0.717) is 0 Å². The number of sulfone groups is 1. The van der Waals surface area contributed by atoms with Crippen LogP contribution >= 0.6 is 0 Å². The van der Waals surface area contributed by atoms with Crippen LogP contribution in [0, 0.1) is 6.92 Å². The van der Waals surface area contributed by atoms with Crippen LogP contribution in [-0.4, -0.2) is 43.5 Å². The van der Waals surface area contributed by atoms with E-state index in [1.165, 1.54) is 12.1 Å². The van der Waals surface area contributed by atoms with Crippen molar-refractivity contribution >= 4 is 21.7 Å². The maximum absolute atomic E-state index is 11.6. The minimum atomic E-state index is -3.46. The molecule has 0 aliphatic heterocycles. The fraction of sp³-hybridized carbons (Fsp3) is 0.385. The summed E-state index contributed by atoms with van der Waals surface area (Å²) in [5.41, 5.74) is 5.62. The first-order valence-electron chi connectivity index (χ1n) is 6.17. The minimum absolute atomic E-state index is 0.0236. The second-order valence-corrected chi connectivity index (χ2v) is 6.82. The van der Waals surface area contributed by atoms with Crippen LogP contribution < -0.4 is 10.5 Å². The Kier molecular flexibility index (Phi) is 5.71. The highest BCUT2D eigenvalue weighted by molar-refractivity contribution is 7.91. The molecule has 0 fully saturated rings. The molecule has 0 atom stereocenters. The Bertz CT molecular complexity index is 638. The fourth-order valence-electron chi connectivity index (χ4n) is 1.57. The van der Waals surface area contributed by atoms with Crippen LogP contribution in [0.25, 0.3) is 0 Å². The van der Waals surface area contributed by atoms with E-state index in [4.69, 9.17) is 15.6 Å². The van der Waals surface area contributed by atoms with Crippen molar-refractivity contribution in [1.82, 2.24) is 0 Å². The van der Waals surface area contributed by atoms with Gasteiger partial charge in [0.1, 0.15) is 17.9 Å². The van der Waals surface area contributed by atoms with Crippen molar-refractivity contribution in [3.8, 4) is 5.75 Å². The molecule has 1 aromatic rings. The number of nitrogens with two attached hydrogens (primary N) is 1. The number of benzene rings is 1. The average molecular weight is 315 g/mol. The van der Waals surface area contributed by atoms with Gasteiger partial charge in [-0.1, -0.05) is 11.6 Å². The van der Waals surface area contributed by atoms with Gasteiger partial charge in [-0.3, -0.25) is 4.79 Å². The summed E-state index contributed by atoms with van der Waals surface area (Å²) in [6, 6.07) is 4.59. The first kappa shape index (κ1) is 17.0. The quantitative estimate of drug-likeness (QED) is 0.714. The Balaban J connectivity index is 2.64. The molecule has 0 saturated heterocycles. The van der Waals surface area contributed by atoms with E-state index in [1.807, 2.05) is 0 Å². The molecule has 0 aromatic heterocycles. The lowest BCUT2D eigenvalue weighted by atomic mass is 10.1. The lowest BCUT2D eigenvalue weighted by Gasteiger charge is -2.10. The molecule has 116 valence electrons. The molecule has 21 heavy (non-hydrogen) atoms. The number of primary amides is 1. The molecule has 1 aromatic carbocycles. The molecule has 0 aliphatic carbocycles. The Morgan fingerprint density at radius 2 is 1.95 bits per heavy atom. The molecule has 0 saturated carbocycles. The number of carbonyl (C=O) groups excluding carboxylic acids is 1. The highest BCUT2D eigenvalue weighted by Crippen LogP contribution is 2.20. The van der Waals surface area contributed by atoms with E-state index in [1.54, 1.807) is 13.0 Å². The van der Waals surface area contributed by atoms with Gasteiger partial charge < -0.3 is 15.6 Å². The zero-order chi connectivity index (χ0) is 16.0. The fourth-order valence-corrected chi connectivity index (χ4v) is 2.63. The molecule has 7 nitrogen and oxygen atoms in total. The number of ether oxygens (including phenoxy) is 1. The van der Waals surface area contributed by atoms with Gasteiger partial charge in [-0.2, -0.15) is 0 Å². The number of carboxylic acid groups (broad SMARTS) is 1. The summed E-state index contributed by atoms with van der Waals surface area (Å²) in [7, 11) is -3.46. The first-order chi connectivity index (χ1) is 9.71. The maximum Gasteiger partial charge on any atom is 0.339 e. The topological polar surface area (TPSA) is 124 Å². The molecule has 1 rings (SSSR count). The SMILES string of the molecule is Cc1ccc(OCCS(=O)(=O)CCC(N)=O)c(C(=O)O)c1. The molecule has 0 heterocycles. The van der Waals surface area contributed by atoms with Crippen molar-refractivity contribution in [3.05, 3.63) is 29.3 Å². The van der Waals surface area contributed by atoms with Crippen LogP contribution in [0.4, 0.5) is 0 Å². The average Bonchev–Trinajstić information content (AvgIpc) is 2.38. The van der Waals surface area contributed by atoms with Gasteiger partial charge in [-0.05, 0) is 19.1 Å². The largest absolute Gasteiger partial charge is 0.492 e. The van der Waals surface area contributed by atoms with Gasteiger partial charge in [0.2, 0.25) is 5.91 Å². The van der Waals surface area contributed by atoms with E-state index in [-0.39, 0.29) is 35.8 Å². The molecule has 0 radical (unpaired) electrons. The summed E-state index contributed by atoms with van der Waals surface area (Å²) in [5, 5.41) is 9.04. The summed E-state index contributed by atoms with van der Waals surface area (Å²) in [6.45, 7) is 1.55. The Labute approximate surface area is 122 Å². The van der Waals surface area contributed by atoms with Gasteiger partial charge in [-0.15, -0.1) is 0 Å². The van der Waals surface area contributed by atoms with Gasteiger partial charge >= 0.3 is 5.97 Å². The van der Waals surface area contributed by atoms with Crippen molar-refractivity contribution in [2.75, 3.05) is 18.1 Å². The van der Waals surface area contributed by atoms with Crippen LogP contribution in [0.3, 0.4) is 0 Å². The summed E-state index contributed by atoms with van der Waals surface area (Å²) < 4.78 is 28.4. The number of hydrogen-bond acceptors (Lipinski definition) is 5. The number of amides is 1. The second-order valence-electron chi connectivity index (χ2n) is 4.52. The monoisotopic (exact) mass is 315 g/mol. The van der Waals surface area contributed by atoms with Crippen LogP contribution in [0.5, 0.6) is 5.75 Å². The predicted molar refractivity (Wildman–Crippen MR) is 76.1 cm³/mol. The lowest BCUT2D eigenvalue weighted by molar-refractivity contribution is -0.117. The van der Waals surface area contributed by atoms with Crippen LogP contribution in [0.2, 0.25) is 0 Å². The standard InChI is InChI=1S/C13H17NO6S/c1-9-2-3-11(10(8-9)13(16)17)20-5-7-21(18,19)6-4-12(14)15/h2-3,8H,4-7H2,1H3,(H2,14,15)(H,16,17). The molecule has 8 heteroatoms. The second kappa shape index (κ2) is 7.07. The first-order valence-corrected chi connectivity index (χ1v) is 7.99. The summed E-state index contributed by atoms with van der Waals surface area (Å²) in [5.74, 6) is -2.38. The van der Waals surface area contributed by atoms with E-state index in [2.05, 4.69) is 0 Å². The molecule has 0 bridgehead atoms. The van der Waals surface area contributed by atoms with Crippen molar-refractivity contribution < 1.29 is 27.9 Å². The Hall–Kier alpha value is -2.09. The van der Waals surface area contributed by atoms with Crippen LogP contribution in [-0.2, 0) is 14.6 Å². The number of rotatable bonds is 8. The van der Waals surface area contributed by atoms with E-state index < -0.39 is 21.7 Å². The van der Waals surface area contributed by atoms with Gasteiger partial charge in [0, 0.05) is 6.42 Å². The smallest absolute Gasteiger partial charge is 0.339 e. The predicted octanol–water partition coefficient (Wildman–Crippen LogP) is 0.362. The number of aromatic carboxylic acids is 1. The molecular formula is C13H17NO6S. The van der Waals surface area contributed by atoms with E-state index in [0.717, 1.165) is 5.56 Å². The van der Waals surface area contributed by atoms with Gasteiger partial charge in [0.25, 0.3) is 0 Å². The number of carbonyl (C=O) groups is 2. The highest BCUT2D eigenvalue weighted by Gasteiger charge is 2.15. The third-order valence-corrected chi connectivity index (χ3v) is 4.29. The van der Waals surface area contributed by atoms with Crippen LogP contribution in [0.1, 0.15) is 22.3 Å². The van der Waals surface area contributed by atoms with Crippen molar-refractivity contribution in [1.29, 1.82) is 0 Å². The third-order valence-electron chi connectivity index (χ3n) is 2.68. The molecule has 0 spiro atoms. The van der Waals surface area contributed by atoms with E-state index >= 15 is 0 Å². The Morgan fingerprint density at radius 1 is 1.29 bits per heavy atom. The van der Waals surface area contributed by atoms with Gasteiger partial charge in [-0.25, -0.2) is 13.2 Å². The van der Waals surface area contributed by atoms with Crippen LogP contribution in [0.15, 0.2) is 18.2 Å². The molecule has 0 aliphatic rings.